The van der Waals surface area contributed by atoms with Crippen LogP contribution in [0.25, 0.3) is 0 Å². The van der Waals surface area contributed by atoms with Gasteiger partial charge >= 0.3 is 0 Å². The highest BCUT2D eigenvalue weighted by Gasteiger charge is 1.70. The third-order valence-corrected chi connectivity index (χ3v) is 0.365. The topological polar surface area (TPSA) is 12.5 Å². The second kappa shape index (κ2) is 5.21. The Hall–Kier alpha value is 0.210. The molecule has 0 N–H and O–H groups in total. The standard InChI is InChI=1S/C3H9NO.ClH/c1-4(2)5-3;/h1-3H3;1H. The molecule has 0 aromatic rings. The highest BCUT2D eigenvalue weighted by molar-refractivity contribution is 5.85. The van der Waals surface area contributed by atoms with Crippen LogP contribution in [0.2, 0.25) is 0 Å². The number of rotatable bonds is 1. The molecule has 0 aromatic heterocycles. The Morgan fingerprint density at radius 3 is 1.50 bits per heavy atom. The van der Waals surface area contributed by atoms with Gasteiger partial charge in [0, 0.05) is 14.1 Å². The minimum absolute atomic E-state index is 0. The Morgan fingerprint density at radius 2 is 1.50 bits per heavy atom. The van der Waals surface area contributed by atoms with Crippen molar-refractivity contribution >= 4 is 12.4 Å². The maximum Gasteiger partial charge on any atom is 0.0574 e. The number of nitrogens with zero attached hydrogens (tertiary/aromatic N) is 1. The van der Waals surface area contributed by atoms with Crippen molar-refractivity contribution in [2.24, 2.45) is 0 Å². The molecule has 0 fully saturated rings. The van der Waals surface area contributed by atoms with Crippen molar-refractivity contribution in [1.29, 1.82) is 0 Å². The lowest BCUT2D eigenvalue weighted by Gasteiger charge is -2.01. The zero-order chi connectivity index (χ0) is 4.28. The zero-order valence-corrected chi connectivity index (χ0v) is 5.08. The predicted octanol–water partition coefficient (Wildman–Crippen LogP) is 0.531. The van der Waals surface area contributed by atoms with Crippen molar-refractivity contribution in [1.82, 2.24) is 5.06 Å². The van der Waals surface area contributed by atoms with Crippen LogP contribution in [-0.4, -0.2) is 26.3 Å². The molecule has 2 nitrogen and oxygen atoms in total. The van der Waals surface area contributed by atoms with Crippen molar-refractivity contribution in [3.63, 3.8) is 0 Å². The van der Waals surface area contributed by atoms with E-state index < -0.39 is 0 Å². The van der Waals surface area contributed by atoms with Gasteiger partial charge in [0.25, 0.3) is 0 Å². The molecule has 0 unspecified atom stereocenters. The third kappa shape index (κ3) is 8.88. The van der Waals surface area contributed by atoms with E-state index in [0.29, 0.717) is 0 Å². The molecule has 0 saturated carbocycles. The normalized spacial score (nSPS) is 8.00. The van der Waals surface area contributed by atoms with Crippen molar-refractivity contribution in [2.75, 3.05) is 21.2 Å². The van der Waals surface area contributed by atoms with E-state index >= 15 is 0 Å². The monoisotopic (exact) mass is 111 g/mol. The van der Waals surface area contributed by atoms with Crippen molar-refractivity contribution in [3.8, 4) is 0 Å². The summed E-state index contributed by atoms with van der Waals surface area (Å²) in [5, 5.41) is 1.62. The molecule has 0 bridgehead atoms. The van der Waals surface area contributed by atoms with Gasteiger partial charge in [0.15, 0.2) is 0 Å². The Kier molecular flexibility index (Phi) is 8.26. The van der Waals surface area contributed by atoms with Gasteiger partial charge in [-0.3, -0.25) is 0 Å². The SMILES string of the molecule is CON(C)C.Cl. The van der Waals surface area contributed by atoms with E-state index in [0.717, 1.165) is 0 Å². The second-order valence-corrected chi connectivity index (χ2v) is 0.995. The summed E-state index contributed by atoms with van der Waals surface area (Å²) in [7, 11) is 5.29. The first-order valence-corrected chi connectivity index (χ1v) is 1.49. The molecule has 0 saturated heterocycles. The van der Waals surface area contributed by atoms with Gasteiger partial charge in [-0.25, -0.2) is 0 Å². The molecule has 0 radical (unpaired) electrons. The van der Waals surface area contributed by atoms with Gasteiger partial charge in [0.2, 0.25) is 0 Å². The summed E-state index contributed by atoms with van der Waals surface area (Å²) in [6.45, 7) is 0. The summed E-state index contributed by atoms with van der Waals surface area (Å²) in [4.78, 5) is 4.58. The Balaban J connectivity index is 0. The van der Waals surface area contributed by atoms with Crippen molar-refractivity contribution in [3.05, 3.63) is 0 Å². The molecule has 0 aliphatic rings. The minimum Gasteiger partial charge on any atom is -0.303 e. The Morgan fingerprint density at radius 1 is 1.33 bits per heavy atom. The van der Waals surface area contributed by atoms with Crippen LogP contribution in [0.5, 0.6) is 0 Å². The average Bonchev–Trinajstić information content (AvgIpc) is 1.38. The van der Waals surface area contributed by atoms with E-state index in [1.165, 1.54) is 0 Å². The molecule has 0 amide bonds. The smallest absolute Gasteiger partial charge is 0.0574 e. The molecule has 6 heavy (non-hydrogen) atoms. The third-order valence-electron chi connectivity index (χ3n) is 0.365. The van der Waals surface area contributed by atoms with Gasteiger partial charge in [-0.2, -0.15) is 5.06 Å². The van der Waals surface area contributed by atoms with Crippen LogP contribution < -0.4 is 0 Å². The molecular weight excluding hydrogens is 101 g/mol. The summed E-state index contributed by atoms with van der Waals surface area (Å²) in [5.41, 5.74) is 0. The molecule has 40 valence electrons. The van der Waals surface area contributed by atoms with Gasteiger partial charge in [0.1, 0.15) is 0 Å². The number of halogens is 1. The molecule has 0 heterocycles. The van der Waals surface area contributed by atoms with Crippen LogP contribution in [0.4, 0.5) is 0 Å². The van der Waals surface area contributed by atoms with Crippen LogP contribution >= 0.6 is 12.4 Å². The molecule has 0 atom stereocenters. The highest BCUT2D eigenvalue weighted by Crippen LogP contribution is 1.64. The van der Waals surface area contributed by atoms with Gasteiger partial charge in [-0.15, -0.1) is 12.4 Å². The molecular formula is C3H10ClNO. The summed E-state index contributed by atoms with van der Waals surface area (Å²) in [5.74, 6) is 0. The second-order valence-electron chi connectivity index (χ2n) is 0.995. The van der Waals surface area contributed by atoms with Crippen LogP contribution in [-0.2, 0) is 4.84 Å². The molecule has 3 heteroatoms. The fourth-order valence-corrected chi connectivity index (χ4v) is 0. The molecule has 0 spiro atoms. The van der Waals surface area contributed by atoms with Crippen LogP contribution in [0.15, 0.2) is 0 Å². The largest absolute Gasteiger partial charge is 0.303 e. The van der Waals surface area contributed by atoms with E-state index in [2.05, 4.69) is 4.84 Å². The van der Waals surface area contributed by atoms with E-state index in [9.17, 15) is 0 Å². The van der Waals surface area contributed by atoms with Crippen LogP contribution in [0.3, 0.4) is 0 Å². The van der Waals surface area contributed by atoms with Gasteiger partial charge in [-0.05, 0) is 0 Å². The van der Waals surface area contributed by atoms with E-state index in [1.54, 1.807) is 12.2 Å². The van der Waals surface area contributed by atoms with Gasteiger partial charge in [-0.1, -0.05) is 0 Å². The highest BCUT2D eigenvalue weighted by atomic mass is 35.5. The molecule has 0 rings (SSSR count). The van der Waals surface area contributed by atoms with E-state index in [-0.39, 0.29) is 12.4 Å². The van der Waals surface area contributed by atoms with Crippen LogP contribution in [0, 0.1) is 0 Å². The lowest BCUT2D eigenvalue weighted by molar-refractivity contribution is -0.0855. The van der Waals surface area contributed by atoms with Crippen LogP contribution in [0.1, 0.15) is 0 Å². The molecule has 0 aliphatic heterocycles. The first kappa shape index (κ1) is 9.51. The number of hydroxylamine groups is 2. The first-order chi connectivity index (χ1) is 2.27. The average molecular weight is 112 g/mol. The quantitative estimate of drug-likeness (QED) is 0.458. The Labute approximate surface area is 44.4 Å². The van der Waals surface area contributed by atoms with Gasteiger partial charge in [0.05, 0.1) is 7.11 Å². The number of hydrogen-bond donors (Lipinski definition) is 0. The van der Waals surface area contributed by atoms with E-state index in [4.69, 9.17) is 0 Å². The minimum atomic E-state index is 0. The Bertz CT molecular complexity index is 24.8. The molecule has 0 aromatic carbocycles. The summed E-state index contributed by atoms with van der Waals surface area (Å²) < 4.78 is 0. The fraction of sp³-hybridized carbons (Fsp3) is 1.00. The molecule has 0 aliphatic carbocycles. The van der Waals surface area contributed by atoms with Gasteiger partial charge < -0.3 is 4.84 Å². The maximum absolute atomic E-state index is 4.58. The van der Waals surface area contributed by atoms with Crippen molar-refractivity contribution < 1.29 is 4.84 Å². The lowest BCUT2D eigenvalue weighted by atomic mass is 11.2. The predicted molar refractivity (Wildman–Crippen MR) is 27.9 cm³/mol. The summed E-state index contributed by atoms with van der Waals surface area (Å²) >= 11 is 0. The fourth-order valence-electron chi connectivity index (χ4n) is 0. The maximum atomic E-state index is 4.58. The summed E-state index contributed by atoms with van der Waals surface area (Å²) in [6, 6.07) is 0. The lowest BCUT2D eigenvalue weighted by Crippen LogP contribution is -2.07. The first-order valence-electron chi connectivity index (χ1n) is 1.49. The zero-order valence-electron chi connectivity index (χ0n) is 4.26. The summed E-state index contributed by atoms with van der Waals surface area (Å²) in [6.07, 6.45) is 0. The van der Waals surface area contributed by atoms with Crippen molar-refractivity contribution in [2.45, 2.75) is 0 Å². The number of hydrogen-bond acceptors (Lipinski definition) is 2. The van der Waals surface area contributed by atoms with E-state index in [1.807, 2.05) is 14.1 Å².